The molecule has 0 spiro atoms. The zero-order valence-corrected chi connectivity index (χ0v) is 12.1. The van der Waals surface area contributed by atoms with Crippen LogP contribution < -0.4 is 5.32 Å². The number of rotatable bonds is 5. The Labute approximate surface area is 115 Å². The molecule has 2 nitrogen and oxygen atoms in total. The summed E-state index contributed by atoms with van der Waals surface area (Å²) in [5.74, 6) is 0. The van der Waals surface area contributed by atoms with Crippen LogP contribution in [-0.4, -0.2) is 30.6 Å². The molecule has 0 saturated carbocycles. The molecule has 1 atom stereocenters. The highest BCUT2D eigenvalue weighted by molar-refractivity contribution is 6.30. The van der Waals surface area contributed by atoms with Crippen molar-refractivity contribution < 1.29 is 0 Å². The lowest BCUT2D eigenvalue weighted by atomic mass is 10.1. The third-order valence-corrected chi connectivity index (χ3v) is 3.77. The first-order valence-electron chi connectivity index (χ1n) is 6.89. The molecule has 1 aliphatic rings. The van der Waals surface area contributed by atoms with Gasteiger partial charge >= 0.3 is 0 Å². The number of hydrogen-bond acceptors (Lipinski definition) is 2. The minimum absolute atomic E-state index is 0.452. The van der Waals surface area contributed by atoms with E-state index in [2.05, 4.69) is 42.3 Å². The lowest BCUT2D eigenvalue weighted by molar-refractivity contribution is 0.235. The van der Waals surface area contributed by atoms with Gasteiger partial charge in [-0.2, -0.15) is 0 Å². The van der Waals surface area contributed by atoms with E-state index in [9.17, 15) is 0 Å². The summed E-state index contributed by atoms with van der Waals surface area (Å²) in [5, 5.41) is 4.39. The van der Waals surface area contributed by atoms with Gasteiger partial charge in [-0.15, -0.1) is 0 Å². The zero-order chi connectivity index (χ0) is 13.0. The van der Waals surface area contributed by atoms with E-state index in [1.54, 1.807) is 0 Å². The SMILES string of the molecule is CC(C)NCC(c1cccc(Cl)c1)N1CCCC1. The van der Waals surface area contributed by atoms with E-state index in [4.69, 9.17) is 11.6 Å². The second-order valence-electron chi connectivity index (χ2n) is 5.38. The van der Waals surface area contributed by atoms with Gasteiger partial charge in [0.05, 0.1) is 0 Å². The molecule has 1 heterocycles. The van der Waals surface area contributed by atoms with Crippen LogP contribution in [0.4, 0.5) is 0 Å². The van der Waals surface area contributed by atoms with E-state index in [0.29, 0.717) is 12.1 Å². The second kappa shape index (κ2) is 6.55. The molecule has 0 aliphatic carbocycles. The molecule has 0 aromatic heterocycles. The first-order valence-corrected chi connectivity index (χ1v) is 7.27. The Balaban J connectivity index is 2.12. The fourth-order valence-electron chi connectivity index (χ4n) is 2.57. The van der Waals surface area contributed by atoms with E-state index < -0.39 is 0 Å². The van der Waals surface area contributed by atoms with Gasteiger partial charge in [0.2, 0.25) is 0 Å². The summed E-state index contributed by atoms with van der Waals surface area (Å²) in [6.45, 7) is 7.80. The van der Waals surface area contributed by atoms with E-state index in [-0.39, 0.29) is 0 Å². The van der Waals surface area contributed by atoms with Gasteiger partial charge < -0.3 is 5.32 Å². The Morgan fingerprint density at radius 3 is 2.61 bits per heavy atom. The first kappa shape index (κ1) is 13.9. The Morgan fingerprint density at radius 1 is 1.28 bits per heavy atom. The maximum atomic E-state index is 6.12. The minimum atomic E-state index is 0.452. The molecule has 1 aromatic carbocycles. The van der Waals surface area contributed by atoms with E-state index >= 15 is 0 Å². The molecule has 18 heavy (non-hydrogen) atoms. The van der Waals surface area contributed by atoms with E-state index in [1.165, 1.54) is 31.5 Å². The number of nitrogens with one attached hydrogen (secondary N) is 1. The quantitative estimate of drug-likeness (QED) is 0.878. The number of halogens is 1. The molecule has 1 aromatic rings. The fourth-order valence-corrected chi connectivity index (χ4v) is 2.77. The maximum absolute atomic E-state index is 6.12. The van der Waals surface area contributed by atoms with Crippen molar-refractivity contribution >= 4 is 11.6 Å². The summed E-state index contributed by atoms with van der Waals surface area (Å²) >= 11 is 6.12. The van der Waals surface area contributed by atoms with Crippen molar-refractivity contribution in [2.45, 2.75) is 38.8 Å². The van der Waals surface area contributed by atoms with Gasteiger partial charge in [-0.3, -0.25) is 4.90 Å². The summed E-state index contributed by atoms with van der Waals surface area (Å²) in [4.78, 5) is 2.57. The molecule has 0 amide bonds. The molecular weight excluding hydrogens is 244 g/mol. The van der Waals surface area contributed by atoms with Crippen molar-refractivity contribution in [1.29, 1.82) is 0 Å². The van der Waals surface area contributed by atoms with Gasteiger partial charge in [0.25, 0.3) is 0 Å². The minimum Gasteiger partial charge on any atom is -0.313 e. The maximum Gasteiger partial charge on any atom is 0.0473 e. The molecule has 1 fully saturated rings. The third kappa shape index (κ3) is 3.71. The van der Waals surface area contributed by atoms with E-state index in [0.717, 1.165) is 11.6 Å². The average Bonchev–Trinajstić information content (AvgIpc) is 2.83. The van der Waals surface area contributed by atoms with Gasteiger partial charge in [0.1, 0.15) is 0 Å². The number of benzene rings is 1. The van der Waals surface area contributed by atoms with Gasteiger partial charge in [-0.1, -0.05) is 37.6 Å². The van der Waals surface area contributed by atoms with Crippen molar-refractivity contribution in [2.24, 2.45) is 0 Å². The summed E-state index contributed by atoms with van der Waals surface area (Å²) < 4.78 is 0. The Morgan fingerprint density at radius 2 is 2.00 bits per heavy atom. The van der Waals surface area contributed by atoms with Crippen LogP contribution in [-0.2, 0) is 0 Å². The average molecular weight is 267 g/mol. The monoisotopic (exact) mass is 266 g/mol. The van der Waals surface area contributed by atoms with Crippen molar-refractivity contribution in [3.63, 3.8) is 0 Å². The standard InChI is InChI=1S/C15H23ClN2/c1-12(2)17-11-15(18-8-3-4-9-18)13-6-5-7-14(16)10-13/h5-7,10,12,15,17H,3-4,8-9,11H2,1-2H3. The van der Waals surface area contributed by atoms with Crippen molar-refractivity contribution in [3.8, 4) is 0 Å². The normalized spacial score (nSPS) is 18.4. The van der Waals surface area contributed by atoms with Gasteiger partial charge in [0.15, 0.2) is 0 Å². The van der Waals surface area contributed by atoms with Crippen LogP contribution in [0.25, 0.3) is 0 Å². The van der Waals surface area contributed by atoms with Crippen molar-refractivity contribution in [1.82, 2.24) is 10.2 Å². The Bertz CT molecular complexity index is 373. The number of likely N-dealkylation sites (tertiary alicyclic amines) is 1. The molecule has 2 rings (SSSR count). The van der Waals surface area contributed by atoms with Crippen LogP contribution in [0.5, 0.6) is 0 Å². The van der Waals surface area contributed by atoms with Gasteiger partial charge in [0, 0.05) is 23.7 Å². The predicted octanol–water partition coefficient (Wildman–Crippen LogP) is 3.47. The van der Waals surface area contributed by atoms with Crippen LogP contribution in [0.3, 0.4) is 0 Å². The lowest BCUT2D eigenvalue weighted by Gasteiger charge is -2.29. The molecule has 1 aliphatic heterocycles. The van der Waals surface area contributed by atoms with Gasteiger partial charge in [-0.25, -0.2) is 0 Å². The highest BCUT2D eigenvalue weighted by atomic mass is 35.5. The van der Waals surface area contributed by atoms with E-state index in [1.807, 2.05) is 6.07 Å². The first-order chi connectivity index (χ1) is 8.66. The topological polar surface area (TPSA) is 15.3 Å². The van der Waals surface area contributed by atoms with Crippen molar-refractivity contribution in [2.75, 3.05) is 19.6 Å². The summed E-state index contributed by atoms with van der Waals surface area (Å²) in [7, 11) is 0. The largest absolute Gasteiger partial charge is 0.313 e. The molecule has 100 valence electrons. The molecule has 0 radical (unpaired) electrons. The van der Waals surface area contributed by atoms with Crippen LogP contribution in [0.1, 0.15) is 38.3 Å². The summed E-state index contributed by atoms with van der Waals surface area (Å²) in [5.41, 5.74) is 1.33. The Kier molecular flexibility index (Phi) is 5.04. The van der Waals surface area contributed by atoms with Gasteiger partial charge in [-0.05, 0) is 43.6 Å². The zero-order valence-electron chi connectivity index (χ0n) is 11.3. The predicted molar refractivity (Wildman–Crippen MR) is 78.1 cm³/mol. The van der Waals surface area contributed by atoms with Crippen LogP contribution in [0, 0.1) is 0 Å². The molecule has 1 unspecified atom stereocenters. The summed E-state index contributed by atoms with van der Waals surface area (Å²) in [6.07, 6.45) is 2.64. The van der Waals surface area contributed by atoms with Crippen LogP contribution in [0.15, 0.2) is 24.3 Å². The van der Waals surface area contributed by atoms with Crippen molar-refractivity contribution in [3.05, 3.63) is 34.9 Å². The fraction of sp³-hybridized carbons (Fsp3) is 0.600. The number of hydrogen-bond donors (Lipinski definition) is 1. The highest BCUT2D eigenvalue weighted by Gasteiger charge is 2.23. The Hall–Kier alpha value is -0.570. The molecule has 1 N–H and O–H groups in total. The number of nitrogens with zero attached hydrogens (tertiary/aromatic N) is 1. The van der Waals surface area contributed by atoms with Crippen LogP contribution >= 0.6 is 11.6 Å². The summed E-state index contributed by atoms with van der Waals surface area (Å²) in [6, 6.07) is 9.27. The molecule has 0 bridgehead atoms. The molecular formula is C15H23ClN2. The lowest BCUT2D eigenvalue weighted by Crippen LogP contribution is -2.36. The molecule has 3 heteroatoms. The molecule has 1 saturated heterocycles. The second-order valence-corrected chi connectivity index (χ2v) is 5.81. The third-order valence-electron chi connectivity index (χ3n) is 3.53. The van der Waals surface area contributed by atoms with Crippen LogP contribution in [0.2, 0.25) is 5.02 Å². The highest BCUT2D eigenvalue weighted by Crippen LogP contribution is 2.26. The smallest absolute Gasteiger partial charge is 0.0473 e.